The first-order chi connectivity index (χ1) is 44.7. The highest BCUT2D eigenvalue weighted by atomic mass is 35.5. The molecule has 6 aliphatic rings. The van der Waals surface area contributed by atoms with Gasteiger partial charge >= 0.3 is 11.9 Å². The molecular formula is C69H78Cl2F2N8O10S2. The molecule has 2 aromatic heterocycles. The highest BCUT2D eigenvalue weighted by molar-refractivity contribution is 7.98. The number of nitrogens with zero attached hydrogens (tertiary/aromatic N) is 8. The number of β-lactam (4-membered cyclic amide) rings is 2. The molecule has 0 radical (unpaired) electrons. The van der Waals surface area contributed by atoms with Crippen molar-refractivity contribution in [1.82, 2.24) is 27.5 Å². The number of ether oxygens (including phenoxy) is 2. The van der Waals surface area contributed by atoms with Crippen LogP contribution in [0.4, 0.5) is 20.2 Å². The molecule has 6 heterocycles. The average molecular weight is 1350 g/mol. The van der Waals surface area contributed by atoms with E-state index < -0.39 is 58.7 Å². The number of rotatable bonds is 21. The van der Waals surface area contributed by atoms with Crippen LogP contribution in [-0.2, 0) is 28.7 Å². The summed E-state index contributed by atoms with van der Waals surface area (Å²) in [5.74, 6) is -3.63. The molecule has 4 aliphatic heterocycles. The topological polar surface area (TPSA) is 184 Å². The molecule has 6 atom stereocenters. The van der Waals surface area contributed by atoms with E-state index in [0.717, 1.165) is 64.2 Å². The Morgan fingerprint density at radius 3 is 1.35 bits per heavy atom. The molecule has 2 unspecified atom stereocenters. The molecule has 12 rings (SSSR count). The van der Waals surface area contributed by atoms with Gasteiger partial charge in [0.2, 0.25) is 34.9 Å². The molecular weight excluding hydrogens is 1270 g/mol. The Balaban J connectivity index is 0.000000191. The molecule has 24 heteroatoms. The van der Waals surface area contributed by atoms with Crippen molar-refractivity contribution < 1.29 is 47.0 Å². The first-order valence-corrected chi connectivity index (χ1v) is 34.8. The summed E-state index contributed by atoms with van der Waals surface area (Å²) < 4.78 is 49.8. The molecule has 2 aliphatic carbocycles. The van der Waals surface area contributed by atoms with Crippen molar-refractivity contribution in [1.29, 1.82) is 0 Å². The van der Waals surface area contributed by atoms with Crippen LogP contribution in [0, 0.1) is 11.6 Å². The lowest BCUT2D eigenvalue weighted by molar-refractivity contribution is -0.156. The van der Waals surface area contributed by atoms with Gasteiger partial charge in [0.15, 0.2) is 0 Å². The zero-order valence-corrected chi connectivity index (χ0v) is 56.3. The van der Waals surface area contributed by atoms with Crippen molar-refractivity contribution >= 4 is 116 Å². The summed E-state index contributed by atoms with van der Waals surface area (Å²) in [5.41, 5.74) is 1.31. The number of aromatic nitrogens is 2. The molecule has 4 aromatic carbocycles. The maximum absolute atomic E-state index is 15.8. The standard InChI is InChI=1S/C37H44ClFN4O5S.C32H34ClFN4O5S/c1-4-6-7-8-13-32(44)41-18-16-40(17-19-41)31-21-30-26(20-29(31)39)34(45)27(22-42(30)24-14-15-24)37(47)48-35-33(25-11-9-10-12-28(25)38)43(36(35)46)49-23(3)5-2;1-4-18(2)44-38-28(21-7-5-6-8-24(21)33)30(31(38)41)43-32(42)23-17-37(20-9-10-20)26-16-27(25(34)15-22(26)29(23)40)36-13-11-35(12-14-36)19(3)39/h9-12,20-24,33,35H,4-8,13-19H2,1-3H3;5-8,15-18,20,28,30H,4,9-14H2,1-3H3/t23?,33-,35+;18?,28-,30+/m11/s1. The average Bonchev–Trinajstić information content (AvgIpc) is 1.64. The summed E-state index contributed by atoms with van der Waals surface area (Å²) in [4.78, 5) is 113. The maximum atomic E-state index is 15.8. The third kappa shape index (κ3) is 14.2. The van der Waals surface area contributed by atoms with E-state index in [1.54, 1.807) is 68.1 Å². The SMILES string of the molecule is CCC(C)SN1C(=O)[C@@H](OC(=O)c2cn(C3CC3)c3cc(N4CCN(C(C)=O)CC4)c(F)cc3c2=O)[C@H]1c1ccccc1Cl.CCCCCCC(=O)N1CCN(c2cc3c(cc2F)c(=O)c(C(=O)O[C@@H]2C(=O)N(SC(C)CC)[C@@H]2c2ccccc2Cl)cn3C2CC2)CC1. The Bertz CT molecular complexity index is 4000. The van der Waals surface area contributed by atoms with Crippen molar-refractivity contribution in [3.05, 3.63) is 150 Å². The second kappa shape index (κ2) is 28.8. The maximum Gasteiger partial charge on any atom is 0.344 e. The van der Waals surface area contributed by atoms with Crippen LogP contribution in [0.25, 0.3) is 21.8 Å². The van der Waals surface area contributed by atoms with Crippen molar-refractivity contribution in [2.45, 2.75) is 159 Å². The van der Waals surface area contributed by atoms with Crippen LogP contribution in [0.5, 0.6) is 0 Å². The molecule has 93 heavy (non-hydrogen) atoms. The number of esters is 2. The van der Waals surface area contributed by atoms with E-state index in [4.69, 9.17) is 32.7 Å². The number of amides is 4. The number of fused-ring (bicyclic) bond motifs is 2. The Hall–Kier alpha value is -7.14. The number of hydrogen-bond acceptors (Lipinski definition) is 14. The van der Waals surface area contributed by atoms with Crippen LogP contribution in [0.15, 0.2) is 94.8 Å². The summed E-state index contributed by atoms with van der Waals surface area (Å²) in [6.07, 6.45) is 10.5. The minimum atomic E-state index is -1.16. The van der Waals surface area contributed by atoms with Gasteiger partial charge in [-0.3, -0.25) is 37.4 Å². The monoisotopic (exact) mass is 1350 g/mol. The van der Waals surface area contributed by atoms with Gasteiger partial charge in [-0.25, -0.2) is 18.4 Å². The summed E-state index contributed by atoms with van der Waals surface area (Å²) in [7, 11) is 0. The summed E-state index contributed by atoms with van der Waals surface area (Å²) in [6, 6.07) is 18.8. The number of anilines is 2. The van der Waals surface area contributed by atoms with Gasteiger partial charge in [0.05, 0.1) is 22.4 Å². The van der Waals surface area contributed by atoms with Gasteiger partial charge in [-0.1, -0.05) is 113 Å². The fourth-order valence-electron chi connectivity index (χ4n) is 12.4. The lowest BCUT2D eigenvalue weighted by atomic mass is 9.93. The third-order valence-electron chi connectivity index (χ3n) is 18.5. The molecule has 494 valence electrons. The van der Waals surface area contributed by atoms with Gasteiger partial charge in [0.25, 0.3) is 11.8 Å². The fourth-order valence-corrected chi connectivity index (χ4v) is 15.1. The van der Waals surface area contributed by atoms with E-state index in [9.17, 15) is 38.4 Å². The number of piperazine rings is 2. The highest BCUT2D eigenvalue weighted by Gasteiger charge is 2.54. The van der Waals surface area contributed by atoms with E-state index >= 15 is 8.78 Å². The van der Waals surface area contributed by atoms with Gasteiger partial charge in [-0.05, 0) is 116 Å². The quantitative estimate of drug-likeness (QED) is 0.0287. The number of hydrogen-bond donors (Lipinski definition) is 0. The number of pyridine rings is 2. The fraction of sp³-hybridized carbons (Fsp3) is 0.478. The van der Waals surface area contributed by atoms with Crippen molar-refractivity contribution in [2.75, 3.05) is 62.2 Å². The molecule has 0 N–H and O–H groups in total. The zero-order valence-electron chi connectivity index (χ0n) is 53.1. The second-order valence-electron chi connectivity index (χ2n) is 24.9. The molecule has 6 aromatic rings. The lowest BCUT2D eigenvalue weighted by Crippen LogP contribution is -2.57. The largest absolute Gasteiger partial charge is 0.446 e. The van der Waals surface area contributed by atoms with E-state index in [0.29, 0.717) is 102 Å². The van der Waals surface area contributed by atoms with Crippen LogP contribution in [0.3, 0.4) is 0 Å². The molecule has 2 saturated carbocycles. The third-order valence-corrected chi connectivity index (χ3v) is 21.8. The number of carbonyl (C=O) groups is 6. The second-order valence-corrected chi connectivity index (χ2v) is 28.5. The predicted molar refractivity (Wildman–Crippen MR) is 360 cm³/mol. The minimum Gasteiger partial charge on any atom is -0.446 e. The molecule has 0 bridgehead atoms. The summed E-state index contributed by atoms with van der Waals surface area (Å²) in [6.45, 7) is 15.6. The highest BCUT2D eigenvalue weighted by Crippen LogP contribution is 2.48. The van der Waals surface area contributed by atoms with Crippen LogP contribution < -0.4 is 20.7 Å². The van der Waals surface area contributed by atoms with Crippen LogP contribution >= 0.6 is 47.1 Å². The van der Waals surface area contributed by atoms with E-state index in [1.165, 1.54) is 55.3 Å². The molecule has 4 saturated heterocycles. The van der Waals surface area contributed by atoms with Gasteiger partial charge in [-0.2, -0.15) is 0 Å². The molecule has 0 spiro atoms. The molecule has 18 nitrogen and oxygen atoms in total. The Labute approximate surface area is 558 Å². The Morgan fingerprint density at radius 2 is 0.978 bits per heavy atom. The lowest BCUT2D eigenvalue weighted by Gasteiger charge is -2.46. The smallest absolute Gasteiger partial charge is 0.344 e. The number of benzene rings is 4. The predicted octanol–water partition coefficient (Wildman–Crippen LogP) is 12.7. The van der Waals surface area contributed by atoms with Gasteiger partial charge < -0.3 is 38.2 Å². The van der Waals surface area contributed by atoms with Crippen molar-refractivity contribution in [3.8, 4) is 0 Å². The van der Waals surface area contributed by atoms with E-state index in [-0.39, 0.29) is 68.1 Å². The number of carbonyl (C=O) groups excluding carboxylic acids is 6. The van der Waals surface area contributed by atoms with Gasteiger partial charge in [-0.15, -0.1) is 0 Å². The number of unbranched alkanes of at least 4 members (excludes halogenated alkanes) is 3. The zero-order chi connectivity index (χ0) is 66.1. The van der Waals surface area contributed by atoms with Crippen LogP contribution in [0.1, 0.15) is 168 Å². The minimum absolute atomic E-state index is 0.0191. The Kier molecular flexibility index (Phi) is 20.9. The first-order valence-electron chi connectivity index (χ1n) is 32.4. The number of halogens is 4. The normalized spacial score (nSPS) is 20.5. The molecule has 4 amide bonds. The summed E-state index contributed by atoms with van der Waals surface area (Å²) in [5, 5.41) is 1.33. The van der Waals surface area contributed by atoms with Crippen LogP contribution in [0.2, 0.25) is 10.0 Å². The van der Waals surface area contributed by atoms with Gasteiger partial charge in [0.1, 0.15) is 34.8 Å². The first kappa shape index (κ1) is 67.3. The molecule has 6 fully saturated rings. The Morgan fingerprint density at radius 1 is 0.570 bits per heavy atom. The van der Waals surface area contributed by atoms with E-state index in [2.05, 4.69) is 6.92 Å². The summed E-state index contributed by atoms with van der Waals surface area (Å²) >= 11 is 15.8. The van der Waals surface area contributed by atoms with E-state index in [1.807, 2.05) is 57.6 Å². The van der Waals surface area contributed by atoms with Crippen molar-refractivity contribution in [2.24, 2.45) is 0 Å². The van der Waals surface area contributed by atoms with Gasteiger partial charge in [0, 0.05) is 121 Å². The van der Waals surface area contributed by atoms with Crippen molar-refractivity contribution in [3.63, 3.8) is 0 Å². The van der Waals surface area contributed by atoms with Crippen LogP contribution in [-0.4, -0.2) is 138 Å².